The topological polar surface area (TPSA) is 121 Å². The smallest absolute Gasteiger partial charge is 0.418 e. The van der Waals surface area contributed by atoms with Crippen LogP contribution in [-0.2, 0) is 4.79 Å². The molecule has 2 heterocycles. The molecule has 0 unspecified atom stereocenters. The van der Waals surface area contributed by atoms with Gasteiger partial charge in [0, 0.05) is 55.9 Å². The molecule has 2 aromatic carbocycles. The van der Waals surface area contributed by atoms with E-state index in [9.17, 15) is 9.59 Å². The summed E-state index contributed by atoms with van der Waals surface area (Å²) in [7, 11) is 3.73. The van der Waals surface area contributed by atoms with Crippen LogP contribution in [0.25, 0.3) is 0 Å². The lowest BCUT2D eigenvalue weighted by atomic mass is 10.2. The number of anilines is 5. The van der Waals surface area contributed by atoms with Gasteiger partial charge in [0.05, 0.1) is 12.8 Å². The second-order valence-corrected chi connectivity index (χ2v) is 8.30. The van der Waals surface area contributed by atoms with Gasteiger partial charge in [-0.3, -0.25) is 10.1 Å². The number of rotatable bonds is 8. The molecule has 2 amide bonds. The largest absolute Gasteiger partial charge is 0.494 e. The molecule has 1 aliphatic rings. The van der Waals surface area contributed by atoms with Crippen molar-refractivity contribution in [3.8, 4) is 11.5 Å². The summed E-state index contributed by atoms with van der Waals surface area (Å²) in [6.45, 7) is 7.33. The monoisotopic (exact) mass is 503 g/mol. The Morgan fingerprint density at radius 3 is 2.62 bits per heavy atom. The van der Waals surface area contributed by atoms with Crippen LogP contribution in [0.4, 0.5) is 33.6 Å². The van der Waals surface area contributed by atoms with Crippen molar-refractivity contribution in [3.63, 3.8) is 0 Å². The van der Waals surface area contributed by atoms with Crippen LogP contribution >= 0.6 is 0 Å². The third-order valence-electron chi connectivity index (χ3n) is 5.68. The number of ether oxygens (including phenoxy) is 2. The fraction of sp³-hybridized carbons (Fsp3) is 0.231. The molecule has 0 radical (unpaired) electrons. The second-order valence-electron chi connectivity index (χ2n) is 8.30. The van der Waals surface area contributed by atoms with Crippen LogP contribution in [0.15, 0.2) is 67.4 Å². The Labute approximate surface area is 215 Å². The highest BCUT2D eigenvalue weighted by atomic mass is 16.6. The van der Waals surface area contributed by atoms with Gasteiger partial charge in [-0.05, 0) is 43.5 Å². The predicted octanol–water partition coefficient (Wildman–Crippen LogP) is 3.72. The third-order valence-corrected chi connectivity index (χ3v) is 5.68. The van der Waals surface area contributed by atoms with Gasteiger partial charge in [0.25, 0.3) is 0 Å². The molecule has 1 saturated heterocycles. The number of hydrogen-bond donors (Lipinski definition) is 3. The Bertz CT molecular complexity index is 1280. The molecule has 3 aromatic rings. The van der Waals surface area contributed by atoms with E-state index in [1.807, 2.05) is 18.2 Å². The molecule has 11 heteroatoms. The van der Waals surface area contributed by atoms with Crippen molar-refractivity contribution in [2.45, 2.75) is 0 Å². The zero-order valence-electron chi connectivity index (χ0n) is 20.7. The number of aromatic nitrogens is 2. The fourth-order valence-corrected chi connectivity index (χ4v) is 3.72. The van der Waals surface area contributed by atoms with E-state index in [4.69, 9.17) is 9.47 Å². The molecule has 37 heavy (non-hydrogen) atoms. The maximum Gasteiger partial charge on any atom is 0.418 e. The summed E-state index contributed by atoms with van der Waals surface area (Å²) in [5.41, 5.74) is 2.25. The Balaban J connectivity index is 1.39. The van der Waals surface area contributed by atoms with E-state index < -0.39 is 6.09 Å². The molecule has 0 aliphatic carbocycles. The zero-order chi connectivity index (χ0) is 26.2. The van der Waals surface area contributed by atoms with E-state index in [1.54, 1.807) is 31.4 Å². The average molecular weight is 504 g/mol. The molecular weight excluding hydrogens is 474 g/mol. The molecule has 0 bridgehead atoms. The molecule has 192 valence electrons. The molecule has 11 nitrogen and oxygen atoms in total. The van der Waals surface area contributed by atoms with Gasteiger partial charge in [-0.25, -0.2) is 9.78 Å². The first-order valence-corrected chi connectivity index (χ1v) is 11.7. The zero-order valence-corrected chi connectivity index (χ0v) is 20.7. The molecule has 0 spiro atoms. The molecule has 0 atom stereocenters. The minimum atomic E-state index is -0.744. The maximum atomic E-state index is 12.4. The summed E-state index contributed by atoms with van der Waals surface area (Å²) in [5, 5.41) is 8.32. The van der Waals surface area contributed by atoms with Crippen molar-refractivity contribution in [3.05, 3.63) is 67.4 Å². The van der Waals surface area contributed by atoms with Crippen molar-refractivity contribution >= 4 is 40.8 Å². The number of hydrogen-bond acceptors (Lipinski definition) is 9. The number of nitrogens with one attached hydrogen (secondary N) is 3. The van der Waals surface area contributed by atoms with Crippen LogP contribution in [0, 0.1) is 0 Å². The van der Waals surface area contributed by atoms with Gasteiger partial charge in [0.15, 0.2) is 0 Å². The quantitative estimate of drug-likeness (QED) is 0.395. The lowest BCUT2D eigenvalue weighted by molar-refractivity contribution is -0.111. The van der Waals surface area contributed by atoms with Crippen LogP contribution < -0.4 is 30.3 Å². The summed E-state index contributed by atoms with van der Waals surface area (Å²) in [6, 6.07) is 13.9. The maximum absolute atomic E-state index is 12.4. The van der Waals surface area contributed by atoms with Crippen molar-refractivity contribution in [1.82, 2.24) is 14.9 Å². The van der Waals surface area contributed by atoms with Crippen LogP contribution in [0.3, 0.4) is 0 Å². The normalized spacial score (nSPS) is 13.4. The van der Waals surface area contributed by atoms with Crippen molar-refractivity contribution in [2.75, 3.05) is 61.2 Å². The van der Waals surface area contributed by atoms with E-state index in [0.29, 0.717) is 17.1 Å². The Kier molecular flexibility index (Phi) is 8.16. The molecule has 3 N–H and O–H groups in total. The van der Waals surface area contributed by atoms with Crippen molar-refractivity contribution < 1.29 is 19.1 Å². The number of carbonyl (C=O) groups excluding carboxylic acids is 2. The lowest BCUT2D eigenvalue weighted by Gasteiger charge is -2.34. The predicted molar refractivity (Wildman–Crippen MR) is 143 cm³/mol. The number of benzene rings is 2. The van der Waals surface area contributed by atoms with Gasteiger partial charge in [0.2, 0.25) is 11.9 Å². The van der Waals surface area contributed by atoms with Gasteiger partial charge >= 0.3 is 6.09 Å². The SMILES string of the molecule is C=CC(=O)Nc1cccc(OC(=O)Nc2ccnc(Nc3ccc(N4CCN(C)CC4)cc3OC)n2)c1. The lowest BCUT2D eigenvalue weighted by Crippen LogP contribution is -2.44. The second kappa shape index (κ2) is 11.9. The Morgan fingerprint density at radius 2 is 1.86 bits per heavy atom. The highest BCUT2D eigenvalue weighted by Crippen LogP contribution is 2.32. The van der Waals surface area contributed by atoms with E-state index in [1.165, 1.54) is 12.3 Å². The first-order valence-electron chi connectivity index (χ1n) is 11.7. The molecule has 1 aromatic heterocycles. The minimum Gasteiger partial charge on any atom is -0.494 e. The highest BCUT2D eigenvalue weighted by molar-refractivity contribution is 5.99. The summed E-state index contributed by atoms with van der Waals surface area (Å²) in [4.78, 5) is 37.1. The van der Waals surface area contributed by atoms with Crippen LogP contribution in [0.5, 0.6) is 11.5 Å². The van der Waals surface area contributed by atoms with Gasteiger partial charge in [-0.2, -0.15) is 4.98 Å². The molecular formula is C26H29N7O4. The Hall–Kier alpha value is -4.64. The van der Waals surface area contributed by atoms with E-state index >= 15 is 0 Å². The number of carbonyl (C=O) groups is 2. The van der Waals surface area contributed by atoms with Crippen LogP contribution in [-0.4, -0.2) is 67.2 Å². The highest BCUT2D eigenvalue weighted by Gasteiger charge is 2.16. The van der Waals surface area contributed by atoms with Crippen LogP contribution in [0.1, 0.15) is 0 Å². The standard InChI is InChI=1S/C26H29N7O4/c1-4-24(34)28-18-6-5-7-20(16-18)37-26(35)31-23-10-11-27-25(30-23)29-21-9-8-19(17-22(21)36-3)33-14-12-32(2)13-15-33/h4-11,16-17H,1,12-15H2,2-3H3,(H,28,34)(H2,27,29,30,31,35). The number of amides is 2. The summed E-state index contributed by atoms with van der Waals surface area (Å²) >= 11 is 0. The first-order chi connectivity index (χ1) is 17.9. The first kappa shape index (κ1) is 25.5. The average Bonchev–Trinajstić information content (AvgIpc) is 2.89. The third kappa shape index (κ3) is 6.95. The number of nitrogens with zero attached hydrogens (tertiary/aromatic N) is 4. The van der Waals surface area contributed by atoms with E-state index in [0.717, 1.165) is 37.9 Å². The summed E-state index contributed by atoms with van der Waals surface area (Å²) in [6.07, 6.45) is 1.92. The molecule has 0 saturated carbocycles. The molecule has 1 fully saturated rings. The molecule has 1 aliphatic heterocycles. The van der Waals surface area contributed by atoms with Gasteiger partial charge in [-0.15, -0.1) is 0 Å². The van der Waals surface area contributed by atoms with Gasteiger partial charge in [0.1, 0.15) is 17.3 Å². The van der Waals surface area contributed by atoms with Crippen molar-refractivity contribution in [1.29, 1.82) is 0 Å². The van der Waals surface area contributed by atoms with Crippen molar-refractivity contribution in [2.24, 2.45) is 0 Å². The van der Waals surface area contributed by atoms with Gasteiger partial charge in [-0.1, -0.05) is 12.6 Å². The summed E-state index contributed by atoms with van der Waals surface area (Å²) in [5.74, 6) is 1.05. The van der Waals surface area contributed by atoms with Crippen LogP contribution in [0.2, 0.25) is 0 Å². The number of methoxy groups -OCH3 is 1. The minimum absolute atomic E-state index is 0.242. The fourth-order valence-electron chi connectivity index (χ4n) is 3.72. The molecule has 4 rings (SSSR count). The van der Waals surface area contributed by atoms with E-state index in [2.05, 4.69) is 49.3 Å². The Morgan fingerprint density at radius 1 is 1.05 bits per heavy atom. The van der Waals surface area contributed by atoms with Gasteiger partial charge < -0.3 is 29.9 Å². The number of likely N-dealkylation sites (N-methyl/N-ethyl adjacent to an activating group) is 1. The summed E-state index contributed by atoms with van der Waals surface area (Å²) < 4.78 is 10.9. The van der Waals surface area contributed by atoms with E-state index in [-0.39, 0.29) is 23.4 Å². The number of piperazine rings is 1.